The minimum absolute atomic E-state index is 0.416. The number of nitrogens with zero attached hydrogens (tertiary/aromatic N) is 3. The Labute approximate surface area is 175 Å². The Morgan fingerprint density at radius 2 is 1.82 bits per heavy atom. The lowest BCUT2D eigenvalue weighted by molar-refractivity contribution is 0.353. The van der Waals surface area contributed by atoms with Crippen LogP contribution in [0.2, 0.25) is 5.02 Å². The van der Waals surface area contributed by atoms with Crippen LogP contribution in [0.4, 0.5) is 11.8 Å². The van der Waals surface area contributed by atoms with Crippen LogP contribution < -0.4 is 15.5 Å². The first-order chi connectivity index (χ1) is 13.6. The highest BCUT2D eigenvalue weighted by Crippen LogP contribution is 2.27. The van der Waals surface area contributed by atoms with E-state index in [0.717, 1.165) is 59.9 Å². The summed E-state index contributed by atoms with van der Waals surface area (Å²) in [5.41, 5.74) is 0.979. The van der Waals surface area contributed by atoms with Gasteiger partial charge >= 0.3 is 0 Å². The number of hydrogen-bond acceptors (Lipinski definition) is 6. The summed E-state index contributed by atoms with van der Waals surface area (Å²) >= 11 is 7.91. The molecule has 1 saturated carbocycles. The number of para-hydroxylation sites is 1. The number of fused-ring (bicyclic) bond motifs is 1. The summed E-state index contributed by atoms with van der Waals surface area (Å²) in [5, 5.41) is 11.2. The smallest absolute Gasteiger partial charge is 0.225 e. The summed E-state index contributed by atoms with van der Waals surface area (Å²) in [6.07, 6.45) is 4.52. The molecule has 0 aliphatic heterocycles. The van der Waals surface area contributed by atoms with Crippen molar-refractivity contribution in [1.82, 2.24) is 15.3 Å². The van der Waals surface area contributed by atoms with Gasteiger partial charge in [0.2, 0.25) is 5.95 Å². The lowest BCUT2D eigenvalue weighted by Crippen LogP contribution is -2.36. The van der Waals surface area contributed by atoms with Gasteiger partial charge in [-0.3, -0.25) is 0 Å². The van der Waals surface area contributed by atoms with Crippen LogP contribution in [-0.2, 0) is 6.54 Å². The summed E-state index contributed by atoms with van der Waals surface area (Å²) < 4.78 is 0. The average Bonchev–Trinajstić information content (AvgIpc) is 3.11. The number of halogens is 1. The first-order valence-electron chi connectivity index (χ1n) is 9.76. The third-order valence-electron chi connectivity index (χ3n) is 5.31. The van der Waals surface area contributed by atoms with Crippen LogP contribution in [0.3, 0.4) is 0 Å². The Bertz CT molecular complexity index is 933. The van der Waals surface area contributed by atoms with Crippen LogP contribution in [0.15, 0.2) is 35.7 Å². The molecule has 28 heavy (non-hydrogen) atoms. The lowest BCUT2D eigenvalue weighted by atomic mass is 9.91. The number of thiophene rings is 1. The van der Waals surface area contributed by atoms with Crippen molar-refractivity contribution >= 4 is 45.6 Å². The number of nitrogens with one attached hydrogen (secondary N) is 2. The maximum Gasteiger partial charge on any atom is 0.225 e. The summed E-state index contributed by atoms with van der Waals surface area (Å²) in [5.74, 6) is 1.68. The van der Waals surface area contributed by atoms with Crippen molar-refractivity contribution < 1.29 is 0 Å². The second-order valence-electron chi connectivity index (χ2n) is 7.55. The summed E-state index contributed by atoms with van der Waals surface area (Å²) in [6, 6.07) is 11.1. The highest BCUT2D eigenvalue weighted by molar-refractivity contribution is 7.10. The van der Waals surface area contributed by atoms with Crippen LogP contribution in [0, 0.1) is 0 Å². The van der Waals surface area contributed by atoms with E-state index in [9.17, 15) is 0 Å². The molecule has 0 unspecified atom stereocenters. The predicted molar refractivity (Wildman–Crippen MR) is 120 cm³/mol. The Morgan fingerprint density at radius 1 is 1.07 bits per heavy atom. The molecule has 0 radical (unpaired) electrons. The van der Waals surface area contributed by atoms with E-state index in [0.29, 0.717) is 12.1 Å². The highest BCUT2D eigenvalue weighted by Gasteiger charge is 2.22. The maximum atomic E-state index is 6.19. The standard InChI is InChI=1S/C21H26ClN5S/c1-27(2)20-16-5-3-4-6-18(16)25-21(26-20)24-15-9-7-14(8-10-15)23-13-19-17(22)11-12-28-19/h3-6,11-12,14-15,23H,7-10,13H2,1-2H3,(H,24,25,26). The summed E-state index contributed by atoms with van der Waals surface area (Å²) in [6.45, 7) is 0.860. The van der Waals surface area contributed by atoms with E-state index < -0.39 is 0 Å². The largest absolute Gasteiger partial charge is 0.362 e. The quantitative estimate of drug-likeness (QED) is 0.598. The molecule has 0 amide bonds. The van der Waals surface area contributed by atoms with Crippen molar-refractivity contribution in [2.45, 2.75) is 44.3 Å². The lowest BCUT2D eigenvalue weighted by Gasteiger charge is -2.30. The number of rotatable bonds is 6. The number of anilines is 2. The molecule has 0 spiro atoms. The van der Waals surface area contributed by atoms with E-state index in [-0.39, 0.29) is 0 Å². The number of aromatic nitrogens is 2. The number of hydrogen-bond donors (Lipinski definition) is 2. The first kappa shape index (κ1) is 19.4. The molecule has 2 N–H and O–H groups in total. The zero-order valence-electron chi connectivity index (χ0n) is 16.3. The molecular formula is C21H26ClN5S. The highest BCUT2D eigenvalue weighted by atomic mass is 35.5. The minimum atomic E-state index is 0.416. The second kappa shape index (κ2) is 8.64. The fourth-order valence-corrected chi connectivity index (χ4v) is 4.83. The molecule has 0 bridgehead atoms. The molecule has 2 heterocycles. The Morgan fingerprint density at radius 3 is 2.54 bits per heavy atom. The van der Waals surface area contributed by atoms with Crippen LogP contribution >= 0.6 is 22.9 Å². The van der Waals surface area contributed by atoms with Gasteiger partial charge in [-0.05, 0) is 49.3 Å². The normalized spacial score (nSPS) is 19.7. The zero-order valence-corrected chi connectivity index (χ0v) is 17.9. The molecule has 1 aliphatic rings. The van der Waals surface area contributed by atoms with Gasteiger partial charge in [0.05, 0.1) is 10.5 Å². The Balaban J connectivity index is 1.36. The molecule has 7 heteroatoms. The van der Waals surface area contributed by atoms with Crippen LogP contribution in [-0.4, -0.2) is 36.1 Å². The molecule has 148 valence electrons. The maximum absolute atomic E-state index is 6.19. The number of benzene rings is 1. The molecule has 3 aromatic rings. The van der Waals surface area contributed by atoms with Crippen LogP contribution in [0.1, 0.15) is 30.6 Å². The average molecular weight is 416 g/mol. The fourth-order valence-electron chi connectivity index (χ4n) is 3.78. The van der Waals surface area contributed by atoms with Gasteiger partial charge < -0.3 is 15.5 Å². The molecule has 2 aromatic heterocycles. The fraction of sp³-hybridized carbons (Fsp3) is 0.429. The van der Waals surface area contributed by atoms with Crippen molar-refractivity contribution in [3.8, 4) is 0 Å². The summed E-state index contributed by atoms with van der Waals surface area (Å²) in [4.78, 5) is 12.8. The van der Waals surface area contributed by atoms with Crippen LogP contribution in [0.5, 0.6) is 0 Å². The van der Waals surface area contributed by atoms with Crippen molar-refractivity contribution in [2.75, 3.05) is 24.3 Å². The van der Waals surface area contributed by atoms with Gasteiger partial charge in [-0.1, -0.05) is 23.7 Å². The summed E-state index contributed by atoms with van der Waals surface area (Å²) in [7, 11) is 4.05. The van der Waals surface area contributed by atoms with E-state index in [2.05, 4.69) is 16.7 Å². The third-order valence-corrected chi connectivity index (χ3v) is 6.70. The van der Waals surface area contributed by atoms with Gasteiger partial charge in [0.1, 0.15) is 5.82 Å². The third kappa shape index (κ3) is 4.40. The van der Waals surface area contributed by atoms with Gasteiger partial charge in [-0.2, -0.15) is 4.98 Å². The van der Waals surface area contributed by atoms with Gasteiger partial charge in [-0.25, -0.2) is 4.98 Å². The molecule has 1 aliphatic carbocycles. The molecular weight excluding hydrogens is 390 g/mol. The predicted octanol–water partition coefficient (Wildman–Crippen LogP) is 4.92. The monoisotopic (exact) mass is 415 g/mol. The molecule has 0 atom stereocenters. The van der Waals surface area contributed by atoms with Crippen molar-refractivity contribution in [3.63, 3.8) is 0 Å². The van der Waals surface area contributed by atoms with E-state index in [1.165, 1.54) is 4.88 Å². The second-order valence-corrected chi connectivity index (χ2v) is 8.96. The van der Waals surface area contributed by atoms with Gasteiger partial charge in [0.25, 0.3) is 0 Å². The van der Waals surface area contributed by atoms with Gasteiger partial charge in [0, 0.05) is 43.0 Å². The van der Waals surface area contributed by atoms with E-state index >= 15 is 0 Å². The topological polar surface area (TPSA) is 53.1 Å². The minimum Gasteiger partial charge on any atom is -0.362 e. The molecule has 4 rings (SSSR count). The molecule has 1 fully saturated rings. The van der Waals surface area contributed by atoms with Crippen molar-refractivity contribution in [3.05, 3.63) is 45.6 Å². The Kier molecular flexibility index (Phi) is 5.99. The first-order valence-corrected chi connectivity index (χ1v) is 11.0. The van der Waals surface area contributed by atoms with Crippen molar-refractivity contribution in [2.24, 2.45) is 0 Å². The molecule has 5 nitrogen and oxygen atoms in total. The van der Waals surface area contributed by atoms with Gasteiger partial charge in [0.15, 0.2) is 0 Å². The zero-order chi connectivity index (χ0) is 19.5. The Hall–Kier alpha value is -1.89. The van der Waals surface area contributed by atoms with E-state index in [1.807, 2.05) is 48.6 Å². The molecule has 0 saturated heterocycles. The van der Waals surface area contributed by atoms with Crippen molar-refractivity contribution in [1.29, 1.82) is 0 Å². The van der Waals surface area contributed by atoms with Gasteiger partial charge in [-0.15, -0.1) is 11.3 Å². The molecule has 1 aromatic carbocycles. The van der Waals surface area contributed by atoms with E-state index in [4.69, 9.17) is 21.6 Å². The van der Waals surface area contributed by atoms with E-state index in [1.54, 1.807) is 11.3 Å². The SMILES string of the molecule is CN(C)c1nc(NC2CCC(NCc3sccc3Cl)CC2)nc2ccccc12. The van der Waals surface area contributed by atoms with Crippen LogP contribution in [0.25, 0.3) is 10.9 Å².